The van der Waals surface area contributed by atoms with Crippen LogP contribution in [0.15, 0.2) is 79.1 Å². The molecule has 0 atom stereocenters. The second-order valence-corrected chi connectivity index (χ2v) is 8.17. The van der Waals surface area contributed by atoms with E-state index < -0.39 is 5.82 Å². The van der Waals surface area contributed by atoms with Gasteiger partial charge in [0.25, 0.3) is 0 Å². The van der Waals surface area contributed by atoms with Crippen molar-refractivity contribution in [2.45, 2.75) is 6.92 Å². The lowest BCUT2D eigenvalue weighted by Gasteiger charge is -2.05. The first-order valence-corrected chi connectivity index (χ1v) is 10.6. The van der Waals surface area contributed by atoms with E-state index in [1.807, 2.05) is 42.6 Å². The number of nitrogens with one attached hydrogen (secondary N) is 2. The zero-order valence-corrected chi connectivity index (χ0v) is 17.7. The van der Waals surface area contributed by atoms with Crippen LogP contribution in [0.4, 0.5) is 4.39 Å². The number of aromatic amines is 2. The van der Waals surface area contributed by atoms with Gasteiger partial charge in [-0.3, -0.25) is 10.1 Å². The molecule has 0 radical (unpaired) electrons. The number of nitrogens with zero attached hydrogens (tertiary/aromatic N) is 2. The van der Waals surface area contributed by atoms with E-state index in [1.54, 1.807) is 12.3 Å². The highest BCUT2D eigenvalue weighted by Crippen LogP contribution is 2.36. The number of fused-ring (bicyclic) bond motifs is 2. The highest BCUT2D eigenvalue weighted by molar-refractivity contribution is 6.02. The monoisotopic (exact) mass is 434 g/mol. The first kappa shape index (κ1) is 19.3. The zero-order chi connectivity index (χ0) is 22.5. The Bertz CT molecular complexity index is 1640. The van der Waals surface area contributed by atoms with Crippen molar-refractivity contribution in [1.82, 2.24) is 20.2 Å². The molecule has 160 valence electrons. The summed E-state index contributed by atoms with van der Waals surface area (Å²) in [5.41, 5.74) is 8.25. The van der Waals surface area contributed by atoms with Crippen molar-refractivity contribution in [2.75, 3.05) is 0 Å². The summed E-state index contributed by atoms with van der Waals surface area (Å²) in [6.07, 6.45) is 3.67. The minimum atomic E-state index is -0.478. The van der Waals surface area contributed by atoms with Crippen molar-refractivity contribution in [3.63, 3.8) is 0 Å². The van der Waals surface area contributed by atoms with Crippen LogP contribution in [0, 0.1) is 12.7 Å². The molecule has 6 heteroatoms. The van der Waals surface area contributed by atoms with Gasteiger partial charge in [-0.2, -0.15) is 5.10 Å². The van der Waals surface area contributed by atoms with E-state index in [0.717, 1.165) is 61.5 Å². The Morgan fingerprint density at radius 2 is 1.76 bits per heavy atom. The third kappa shape index (κ3) is 3.24. The van der Waals surface area contributed by atoms with Crippen molar-refractivity contribution in [3.8, 4) is 39.4 Å². The Morgan fingerprint density at radius 1 is 0.848 bits per heavy atom. The molecule has 0 unspecified atom stereocenters. The Hall–Kier alpha value is -4.45. The standard InChI is InChI=1S/C27H19FN4O/c1-15-7-8-29-14-23(15)16-5-6-25-22(11-16)27(32-31-25)26-13-21-20(3-2-4-24(21)30-26)17-9-18(28)12-19(33)10-17/h2-14,30,33H,1H3,(H,31,32). The summed E-state index contributed by atoms with van der Waals surface area (Å²) in [7, 11) is 0. The number of pyridine rings is 1. The molecule has 0 saturated carbocycles. The maximum Gasteiger partial charge on any atom is 0.127 e. The van der Waals surface area contributed by atoms with Crippen molar-refractivity contribution in [3.05, 3.63) is 90.5 Å². The number of rotatable bonds is 3. The quantitative estimate of drug-likeness (QED) is 0.294. The predicted octanol–water partition coefficient (Wildman–Crippen LogP) is 6.59. The van der Waals surface area contributed by atoms with E-state index in [-0.39, 0.29) is 5.75 Å². The third-order valence-corrected chi connectivity index (χ3v) is 6.03. The van der Waals surface area contributed by atoms with Crippen LogP contribution in [0.1, 0.15) is 5.56 Å². The number of aromatic hydroxyl groups is 1. The van der Waals surface area contributed by atoms with Crippen LogP contribution in [0.25, 0.3) is 55.4 Å². The number of phenolic OH excluding ortho intramolecular Hbond substituents is 1. The van der Waals surface area contributed by atoms with Crippen LogP contribution in [0.3, 0.4) is 0 Å². The molecule has 5 nitrogen and oxygen atoms in total. The molecule has 33 heavy (non-hydrogen) atoms. The van der Waals surface area contributed by atoms with Gasteiger partial charge >= 0.3 is 0 Å². The van der Waals surface area contributed by atoms with E-state index >= 15 is 0 Å². The molecule has 0 aliphatic heterocycles. The number of H-pyrrole nitrogens is 2. The molecule has 6 aromatic rings. The maximum atomic E-state index is 13.9. The van der Waals surface area contributed by atoms with Gasteiger partial charge in [0, 0.05) is 40.3 Å². The van der Waals surface area contributed by atoms with Crippen molar-refractivity contribution >= 4 is 21.8 Å². The third-order valence-electron chi connectivity index (χ3n) is 6.03. The first-order valence-electron chi connectivity index (χ1n) is 10.6. The Balaban J connectivity index is 1.52. The average molecular weight is 434 g/mol. The molecule has 0 spiro atoms. The molecular weight excluding hydrogens is 415 g/mol. The molecule has 0 fully saturated rings. The number of hydrogen-bond donors (Lipinski definition) is 3. The van der Waals surface area contributed by atoms with Crippen molar-refractivity contribution < 1.29 is 9.50 Å². The van der Waals surface area contributed by atoms with Crippen LogP contribution in [-0.4, -0.2) is 25.3 Å². The SMILES string of the molecule is Cc1ccncc1-c1ccc2[nH]nc(-c3cc4c(-c5cc(O)cc(F)c5)cccc4[nH]3)c2c1. The van der Waals surface area contributed by atoms with Gasteiger partial charge in [0.1, 0.15) is 17.3 Å². The van der Waals surface area contributed by atoms with Gasteiger partial charge in [-0.15, -0.1) is 0 Å². The summed E-state index contributed by atoms with van der Waals surface area (Å²) < 4.78 is 13.9. The fraction of sp³-hybridized carbons (Fsp3) is 0.0370. The molecular formula is C27H19FN4O. The van der Waals surface area contributed by atoms with Crippen LogP contribution in [0.2, 0.25) is 0 Å². The van der Waals surface area contributed by atoms with E-state index in [0.29, 0.717) is 5.56 Å². The minimum Gasteiger partial charge on any atom is -0.508 e. The van der Waals surface area contributed by atoms with Crippen LogP contribution < -0.4 is 0 Å². The average Bonchev–Trinajstić information content (AvgIpc) is 3.42. The second-order valence-electron chi connectivity index (χ2n) is 8.17. The Kier molecular flexibility index (Phi) is 4.26. The molecule has 0 amide bonds. The topological polar surface area (TPSA) is 77.6 Å². The number of halogens is 1. The lowest BCUT2D eigenvalue weighted by atomic mass is 10.00. The van der Waals surface area contributed by atoms with Crippen LogP contribution in [0.5, 0.6) is 5.75 Å². The van der Waals surface area contributed by atoms with Gasteiger partial charge in [0.05, 0.1) is 11.2 Å². The van der Waals surface area contributed by atoms with Crippen LogP contribution >= 0.6 is 0 Å². The molecule has 0 bridgehead atoms. The van der Waals surface area contributed by atoms with E-state index in [2.05, 4.69) is 39.2 Å². The molecule has 3 aromatic carbocycles. The fourth-order valence-corrected chi connectivity index (χ4v) is 4.42. The van der Waals surface area contributed by atoms with Gasteiger partial charge in [-0.1, -0.05) is 18.2 Å². The molecule has 0 aliphatic carbocycles. The summed E-state index contributed by atoms with van der Waals surface area (Å²) in [5, 5.41) is 19.5. The number of phenols is 1. The molecule has 3 aromatic heterocycles. The van der Waals surface area contributed by atoms with E-state index in [1.165, 1.54) is 6.07 Å². The minimum absolute atomic E-state index is 0.103. The van der Waals surface area contributed by atoms with Gasteiger partial charge in [0.2, 0.25) is 0 Å². The van der Waals surface area contributed by atoms with E-state index in [9.17, 15) is 9.50 Å². The maximum absolute atomic E-state index is 13.9. The summed E-state index contributed by atoms with van der Waals surface area (Å²) in [6, 6.07) is 20.1. The number of benzene rings is 3. The molecule has 6 rings (SSSR count). The molecule has 3 heterocycles. The molecule has 0 saturated heterocycles. The highest BCUT2D eigenvalue weighted by atomic mass is 19.1. The fourth-order valence-electron chi connectivity index (χ4n) is 4.42. The van der Waals surface area contributed by atoms with Gasteiger partial charge in [0.15, 0.2) is 0 Å². The zero-order valence-electron chi connectivity index (χ0n) is 17.7. The summed E-state index contributed by atoms with van der Waals surface area (Å²) >= 11 is 0. The summed E-state index contributed by atoms with van der Waals surface area (Å²) in [4.78, 5) is 7.72. The number of hydrogen-bond acceptors (Lipinski definition) is 3. The van der Waals surface area contributed by atoms with Crippen LogP contribution in [-0.2, 0) is 0 Å². The van der Waals surface area contributed by atoms with Gasteiger partial charge in [-0.25, -0.2) is 4.39 Å². The van der Waals surface area contributed by atoms with Gasteiger partial charge < -0.3 is 10.1 Å². The lowest BCUT2D eigenvalue weighted by molar-refractivity contribution is 0.469. The van der Waals surface area contributed by atoms with E-state index in [4.69, 9.17) is 0 Å². The Labute approximate surface area is 188 Å². The largest absolute Gasteiger partial charge is 0.508 e. The van der Waals surface area contributed by atoms with Crippen molar-refractivity contribution in [1.29, 1.82) is 0 Å². The smallest absolute Gasteiger partial charge is 0.127 e. The predicted molar refractivity (Wildman–Crippen MR) is 128 cm³/mol. The first-order chi connectivity index (χ1) is 16.1. The number of aromatic nitrogens is 4. The van der Waals surface area contributed by atoms with Gasteiger partial charge in [-0.05, 0) is 71.6 Å². The summed E-state index contributed by atoms with van der Waals surface area (Å²) in [5.74, 6) is -0.580. The Morgan fingerprint density at radius 3 is 2.61 bits per heavy atom. The number of aryl methyl sites for hydroxylation is 1. The normalized spacial score (nSPS) is 11.5. The van der Waals surface area contributed by atoms with Crippen molar-refractivity contribution in [2.24, 2.45) is 0 Å². The lowest BCUT2D eigenvalue weighted by Crippen LogP contribution is -1.85. The summed E-state index contributed by atoms with van der Waals surface area (Å²) in [6.45, 7) is 2.07. The second kappa shape index (κ2) is 7.31. The molecule has 0 aliphatic rings. The molecule has 3 N–H and O–H groups in total. The highest BCUT2D eigenvalue weighted by Gasteiger charge is 2.15.